The Labute approximate surface area is 130 Å². The van der Waals surface area contributed by atoms with Crippen LogP contribution in [0.3, 0.4) is 0 Å². The van der Waals surface area contributed by atoms with Crippen LogP contribution >= 0.6 is 0 Å². The molecule has 2 N–H and O–H groups in total. The summed E-state index contributed by atoms with van der Waals surface area (Å²) in [7, 11) is 0. The molecule has 1 heterocycles. The Morgan fingerprint density at radius 1 is 1.32 bits per heavy atom. The summed E-state index contributed by atoms with van der Waals surface area (Å²) < 4.78 is 5.18. The van der Waals surface area contributed by atoms with Crippen molar-refractivity contribution in [1.82, 2.24) is 4.98 Å². The monoisotopic (exact) mass is 301 g/mol. The van der Waals surface area contributed by atoms with E-state index in [9.17, 15) is 4.79 Å². The summed E-state index contributed by atoms with van der Waals surface area (Å²) in [5.74, 6) is 0. The van der Waals surface area contributed by atoms with E-state index < -0.39 is 0 Å². The van der Waals surface area contributed by atoms with Gasteiger partial charge in [-0.1, -0.05) is 25.8 Å². The molecule has 0 saturated heterocycles. The SMILES string of the molecule is C=CCNc1nc2cc(NCCCCC)cc(C)c2c(=O)o1. The molecular formula is C17H23N3O2. The molecule has 0 bridgehead atoms. The van der Waals surface area contributed by atoms with Gasteiger partial charge in [-0.3, -0.25) is 0 Å². The molecular weight excluding hydrogens is 278 g/mol. The molecule has 118 valence electrons. The number of unbranched alkanes of at least 4 members (excludes halogenated alkanes) is 2. The van der Waals surface area contributed by atoms with Gasteiger partial charge in [-0.05, 0) is 31.0 Å². The fourth-order valence-electron chi connectivity index (χ4n) is 2.34. The fourth-order valence-corrected chi connectivity index (χ4v) is 2.34. The van der Waals surface area contributed by atoms with Crippen LogP contribution < -0.4 is 16.3 Å². The van der Waals surface area contributed by atoms with Gasteiger partial charge in [0, 0.05) is 18.8 Å². The Balaban J connectivity index is 2.30. The van der Waals surface area contributed by atoms with Gasteiger partial charge in [0.1, 0.15) is 0 Å². The van der Waals surface area contributed by atoms with E-state index in [1.807, 2.05) is 19.1 Å². The second kappa shape index (κ2) is 7.64. The van der Waals surface area contributed by atoms with Gasteiger partial charge in [-0.2, -0.15) is 4.98 Å². The molecule has 22 heavy (non-hydrogen) atoms. The van der Waals surface area contributed by atoms with Gasteiger partial charge < -0.3 is 15.1 Å². The highest BCUT2D eigenvalue weighted by Gasteiger charge is 2.10. The van der Waals surface area contributed by atoms with Crippen molar-refractivity contribution in [2.75, 3.05) is 23.7 Å². The van der Waals surface area contributed by atoms with Crippen molar-refractivity contribution in [3.8, 4) is 0 Å². The second-order valence-electron chi connectivity index (χ2n) is 5.30. The normalized spacial score (nSPS) is 10.6. The Morgan fingerprint density at radius 2 is 2.14 bits per heavy atom. The van der Waals surface area contributed by atoms with E-state index in [2.05, 4.69) is 29.1 Å². The fraction of sp³-hybridized carbons (Fsp3) is 0.412. The first-order valence-corrected chi connectivity index (χ1v) is 7.69. The standard InChI is InChI=1S/C17H23N3O2/c1-4-6-7-9-18-13-10-12(3)15-14(11-13)20-17(19-8-5-2)22-16(15)21/h5,10-11,18H,2,4,6-9H2,1,3H3,(H,19,20). The molecule has 0 aliphatic heterocycles. The minimum Gasteiger partial charge on any atom is -0.389 e. The van der Waals surface area contributed by atoms with Crippen molar-refractivity contribution in [3.05, 3.63) is 40.8 Å². The number of nitrogens with zero attached hydrogens (tertiary/aromatic N) is 1. The van der Waals surface area contributed by atoms with Crippen LogP contribution in [0.25, 0.3) is 10.9 Å². The van der Waals surface area contributed by atoms with Crippen molar-refractivity contribution < 1.29 is 4.42 Å². The number of benzene rings is 1. The first-order valence-electron chi connectivity index (χ1n) is 7.69. The zero-order valence-electron chi connectivity index (χ0n) is 13.2. The van der Waals surface area contributed by atoms with Crippen LogP contribution in [0.2, 0.25) is 0 Å². The predicted molar refractivity (Wildman–Crippen MR) is 91.7 cm³/mol. The van der Waals surface area contributed by atoms with Crippen LogP contribution in [0.4, 0.5) is 11.7 Å². The number of hydrogen-bond acceptors (Lipinski definition) is 5. The van der Waals surface area contributed by atoms with Crippen LogP contribution in [0, 0.1) is 6.92 Å². The predicted octanol–water partition coefficient (Wildman–Crippen LogP) is 3.70. The zero-order valence-corrected chi connectivity index (χ0v) is 13.2. The Hall–Kier alpha value is -2.30. The smallest absolute Gasteiger partial charge is 0.348 e. The van der Waals surface area contributed by atoms with Gasteiger partial charge in [0.05, 0.1) is 10.9 Å². The molecule has 2 aromatic rings. The first-order chi connectivity index (χ1) is 10.7. The molecule has 1 aromatic carbocycles. The number of aryl methyl sites for hydroxylation is 1. The van der Waals surface area contributed by atoms with Crippen LogP contribution in [-0.2, 0) is 0 Å². The average Bonchev–Trinajstić information content (AvgIpc) is 2.49. The Bertz CT molecular complexity index is 707. The minimum atomic E-state index is -0.369. The van der Waals surface area contributed by atoms with Crippen molar-refractivity contribution in [2.24, 2.45) is 0 Å². The average molecular weight is 301 g/mol. The number of rotatable bonds is 8. The number of anilines is 2. The van der Waals surface area contributed by atoms with Crippen molar-refractivity contribution in [2.45, 2.75) is 33.1 Å². The molecule has 0 aliphatic rings. The van der Waals surface area contributed by atoms with Crippen molar-refractivity contribution in [1.29, 1.82) is 0 Å². The molecule has 5 heteroatoms. The van der Waals surface area contributed by atoms with Crippen LogP contribution in [-0.4, -0.2) is 18.1 Å². The third-order valence-electron chi connectivity index (χ3n) is 3.44. The summed E-state index contributed by atoms with van der Waals surface area (Å²) in [5.41, 5.74) is 2.12. The summed E-state index contributed by atoms with van der Waals surface area (Å²) in [6.45, 7) is 9.11. The molecule has 0 unspecified atom stereocenters. The van der Waals surface area contributed by atoms with E-state index >= 15 is 0 Å². The lowest BCUT2D eigenvalue weighted by atomic mass is 10.1. The molecule has 0 fully saturated rings. The highest BCUT2D eigenvalue weighted by Crippen LogP contribution is 2.21. The molecule has 1 aromatic heterocycles. The molecule has 0 aliphatic carbocycles. The molecule has 0 spiro atoms. The topological polar surface area (TPSA) is 67.2 Å². The second-order valence-corrected chi connectivity index (χ2v) is 5.30. The van der Waals surface area contributed by atoms with Gasteiger partial charge in [0.15, 0.2) is 0 Å². The van der Waals surface area contributed by atoms with Crippen LogP contribution in [0.5, 0.6) is 0 Å². The van der Waals surface area contributed by atoms with E-state index in [0.717, 1.165) is 24.2 Å². The summed E-state index contributed by atoms with van der Waals surface area (Å²) >= 11 is 0. The number of hydrogen-bond donors (Lipinski definition) is 2. The largest absolute Gasteiger partial charge is 0.389 e. The molecule has 0 amide bonds. The van der Waals surface area contributed by atoms with Gasteiger partial charge >= 0.3 is 5.63 Å². The third-order valence-corrected chi connectivity index (χ3v) is 3.44. The number of aromatic nitrogens is 1. The highest BCUT2D eigenvalue weighted by atomic mass is 16.4. The maximum Gasteiger partial charge on any atom is 0.348 e. The summed E-state index contributed by atoms with van der Waals surface area (Å²) in [5, 5.41) is 6.83. The number of nitrogens with one attached hydrogen (secondary N) is 2. The lowest BCUT2D eigenvalue weighted by Crippen LogP contribution is -2.10. The maximum absolute atomic E-state index is 12.1. The van der Waals surface area contributed by atoms with Gasteiger partial charge in [0.25, 0.3) is 6.01 Å². The molecule has 0 radical (unpaired) electrons. The Morgan fingerprint density at radius 3 is 2.86 bits per heavy atom. The van der Waals surface area contributed by atoms with E-state index in [0.29, 0.717) is 17.4 Å². The van der Waals surface area contributed by atoms with Crippen LogP contribution in [0.15, 0.2) is 34.0 Å². The van der Waals surface area contributed by atoms with Crippen molar-refractivity contribution >= 4 is 22.6 Å². The minimum absolute atomic E-state index is 0.222. The Kier molecular flexibility index (Phi) is 5.58. The first kappa shape index (κ1) is 16.1. The summed E-state index contributed by atoms with van der Waals surface area (Å²) in [6, 6.07) is 4.08. The lowest BCUT2D eigenvalue weighted by molar-refractivity contribution is 0.518. The van der Waals surface area contributed by atoms with Crippen molar-refractivity contribution in [3.63, 3.8) is 0 Å². The van der Waals surface area contributed by atoms with Gasteiger partial charge in [-0.15, -0.1) is 6.58 Å². The van der Waals surface area contributed by atoms with Gasteiger partial charge in [0.2, 0.25) is 0 Å². The summed E-state index contributed by atoms with van der Waals surface area (Å²) in [6.07, 6.45) is 5.21. The maximum atomic E-state index is 12.1. The van der Waals surface area contributed by atoms with E-state index in [-0.39, 0.29) is 11.6 Å². The summed E-state index contributed by atoms with van der Waals surface area (Å²) in [4.78, 5) is 16.5. The molecule has 5 nitrogen and oxygen atoms in total. The zero-order chi connectivity index (χ0) is 15.9. The molecule has 0 atom stereocenters. The van der Waals surface area contributed by atoms with E-state index in [1.165, 1.54) is 12.8 Å². The molecule has 2 rings (SSSR count). The third kappa shape index (κ3) is 3.87. The van der Waals surface area contributed by atoms with Crippen LogP contribution in [0.1, 0.15) is 31.7 Å². The van der Waals surface area contributed by atoms with Gasteiger partial charge in [-0.25, -0.2) is 4.79 Å². The lowest BCUT2D eigenvalue weighted by Gasteiger charge is -2.09. The molecule has 0 saturated carbocycles. The van der Waals surface area contributed by atoms with E-state index in [1.54, 1.807) is 6.08 Å². The highest BCUT2D eigenvalue weighted by molar-refractivity contribution is 5.85. The quantitative estimate of drug-likeness (QED) is 0.575. The van der Waals surface area contributed by atoms with E-state index in [4.69, 9.17) is 4.42 Å². The number of fused-ring (bicyclic) bond motifs is 1.